The van der Waals surface area contributed by atoms with Gasteiger partial charge < -0.3 is 9.64 Å². The number of amides is 3. The quantitative estimate of drug-likeness (QED) is 0.376. The van der Waals surface area contributed by atoms with Crippen LogP contribution in [0.1, 0.15) is 48.8 Å². The lowest BCUT2D eigenvalue weighted by Crippen LogP contribution is -2.31. The van der Waals surface area contributed by atoms with Crippen molar-refractivity contribution in [2.45, 2.75) is 52.9 Å². The van der Waals surface area contributed by atoms with Crippen molar-refractivity contribution in [3.63, 3.8) is 0 Å². The molecule has 182 valence electrons. The fraction of sp³-hybridized carbons (Fsp3) is 0.429. The molecule has 3 atom stereocenters. The number of aryl methyl sites for hydroxylation is 3. The Bertz CT molecular complexity index is 1190. The molecule has 2 heterocycles. The lowest BCUT2D eigenvalue weighted by molar-refractivity contribution is -0.139. The van der Waals surface area contributed by atoms with Gasteiger partial charge in [-0.2, -0.15) is 0 Å². The van der Waals surface area contributed by atoms with Gasteiger partial charge in [0.25, 0.3) is 0 Å². The van der Waals surface area contributed by atoms with Crippen molar-refractivity contribution >= 4 is 35.1 Å². The first-order valence-corrected chi connectivity index (χ1v) is 12.3. The molecule has 0 bridgehead atoms. The number of carbonyl (C=O) groups is 4. The van der Waals surface area contributed by atoms with Crippen LogP contribution in [-0.2, 0) is 19.2 Å². The van der Waals surface area contributed by atoms with E-state index >= 15 is 0 Å². The van der Waals surface area contributed by atoms with Gasteiger partial charge in [0.2, 0.25) is 17.7 Å². The molecule has 0 N–H and O–H groups in total. The zero-order chi connectivity index (χ0) is 24.9. The Morgan fingerprint density at radius 2 is 1.51 bits per heavy atom. The van der Waals surface area contributed by atoms with Gasteiger partial charge in [0.15, 0.2) is 0 Å². The van der Waals surface area contributed by atoms with E-state index in [1.54, 1.807) is 30.0 Å². The minimum atomic E-state index is -0.564. The maximum atomic E-state index is 12.9. The van der Waals surface area contributed by atoms with Gasteiger partial charge in [0, 0.05) is 18.7 Å². The second-order valence-corrected chi connectivity index (χ2v) is 10.0. The maximum Gasteiger partial charge on any atom is 0.316 e. The van der Waals surface area contributed by atoms with E-state index in [1.807, 2.05) is 32.0 Å². The minimum absolute atomic E-state index is 0.0941. The minimum Gasteiger partial charge on any atom is -0.426 e. The molecule has 0 radical (unpaired) electrons. The molecule has 7 nitrogen and oxygen atoms in total. The summed E-state index contributed by atoms with van der Waals surface area (Å²) in [6.45, 7) is 5.99. The van der Waals surface area contributed by atoms with Crippen molar-refractivity contribution in [3.8, 4) is 5.75 Å². The molecule has 0 spiro atoms. The normalized spacial score (nSPS) is 24.2. The molecule has 2 aromatic carbocycles. The average molecular weight is 475 g/mol. The third-order valence-electron chi connectivity index (χ3n) is 7.64. The van der Waals surface area contributed by atoms with Crippen LogP contribution in [0.5, 0.6) is 5.75 Å². The van der Waals surface area contributed by atoms with Gasteiger partial charge in [-0.1, -0.05) is 31.0 Å². The maximum absolute atomic E-state index is 12.9. The first-order valence-electron chi connectivity index (χ1n) is 12.3. The molecule has 0 unspecified atom stereocenters. The topological polar surface area (TPSA) is 84.0 Å². The lowest BCUT2D eigenvalue weighted by Gasteiger charge is -2.21. The average Bonchev–Trinajstić information content (AvgIpc) is 3.32. The number of anilines is 2. The number of ether oxygens (including phenoxy) is 1. The fourth-order valence-corrected chi connectivity index (χ4v) is 5.85. The number of benzene rings is 2. The number of esters is 1. The molecule has 2 aliphatic heterocycles. The Labute approximate surface area is 205 Å². The third-order valence-corrected chi connectivity index (χ3v) is 7.64. The molecule has 35 heavy (non-hydrogen) atoms. The summed E-state index contributed by atoms with van der Waals surface area (Å²) in [7, 11) is 0. The summed E-state index contributed by atoms with van der Waals surface area (Å²) < 4.78 is 5.63. The van der Waals surface area contributed by atoms with Crippen LogP contribution in [0.3, 0.4) is 0 Å². The molecule has 0 aromatic heterocycles. The monoisotopic (exact) mass is 474 g/mol. The van der Waals surface area contributed by atoms with Gasteiger partial charge in [-0.25, -0.2) is 4.90 Å². The summed E-state index contributed by atoms with van der Waals surface area (Å²) in [4.78, 5) is 54.5. The molecule has 3 amide bonds. The molecule has 7 heteroatoms. The molecular weight excluding hydrogens is 444 g/mol. The van der Waals surface area contributed by atoms with E-state index in [1.165, 1.54) is 4.90 Å². The zero-order valence-electron chi connectivity index (χ0n) is 20.4. The molecule has 3 aliphatic rings. The van der Waals surface area contributed by atoms with Crippen molar-refractivity contribution < 1.29 is 23.9 Å². The Kier molecular flexibility index (Phi) is 5.95. The molecule has 2 aromatic rings. The number of imide groups is 1. The lowest BCUT2D eigenvalue weighted by atomic mass is 9.81. The third kappa shape index (κ3) is 4.03. The van der Waals surface area contributed by atoms with E-state index in [9.17, 15) is 19.2 Å². The van der Waals surface area contributed by atoms with E-state index < -0.39 is 11.9 Å². The molecule has 3 fully saturated rings. The van der Waals surface area contributed by atoms with Crippen molar-refractivity contribution in [2.24, 2.45) is 17.8 Å². The Morgan fingerprint density at radius 1 is 0.886 bits per heavy atom. The van der Waals surface area contributed by atoms with Crippen LogP contribution in [0, 0.1) is 38.5 Å². The van der Waals surface area contributed by atoms with E-state index in [2.05, 4.69) is 0 Å². The van der Waals surface area contributed by atoms with Gasteiger partial charge in [-0.3, -0.25) is 19.2 Å². The standard InChI is InChI=1S/C28H30N2O5/c1-16-7-6-8-17(2)25(16)29-15-19(14-24(29)31)28(34)35-20-11-12-23(18(3)13-20)30-26(32)21-9-4-5-10-22(21)27(30)33/h6-8,11-13,19,21-22H,4-5,9-10,14-15H2,1-3H3/t19-,21-,22+/m1/s1. The van der Waals surface area contributed by atoms with Crippen molar-refractivity contribution in [1.29, 1.82) is 0 Å². The SMILES string of the molecule is Cc1cc(OC(=O)[C@@H]2CC(=O)N(c3c(C)cccc3C)C2)ccc1N1C(=O)[C@H]2CCCC[C@H]2C1=O. The Morgan fingerprint density at radius 3 is 2.11 bits per heavy atom. The van der Waals surface area contributed by atoms with Gasteiger partial charge in [0.1, 0.15) is 5.75 Å². The second kappa shape index (κ2) is 8.95. The highest BCUT2D eigenvalue weighted by Gasteiger charge is 2.49. The highest BCUT2D eigenvalue weighted by atomic mass is 16.5. The molecule has 1 aliphatic carbocycles. The fourth-order valence-electron chi connectivity index (χ4n) is 5.85. The summed E-state index contributed by atoms with van der Waals surface area (Å²) >= 11 is 0. The Hall–Kier alpha value is -3.48. The van der Waals surface area contributed by atoms with E-state index in [4.69, 9.17) is 4.74 Å². The first kappa shape index (κ1) is 23.3. The van der Waals surface area contributed by atoms with Gasteiger partial charge >= 0.3 is 5.97 Å². The molecular formula is C28H30N2O5. The summed E-state index contributed by atoms with van der Waals surface area (Å²) in [6, 6.07) is 10.8. The number of carbonyl (C=O) groups excluding carboxylic acids is 4. The van der Waals surface area contributed by atoms with Crippen LogP contribution >= 0.6 is 0 Å². The van der Waals surface area contributed by atoms with E-state index in [-0.39, 0.29) is 42.5 Å². The number of hydrogen-bond donors (Lipinski definition) is 0. The smallest absolute Gasteiger partial charge is 0.316 e. The number of para-hydroxylation sites is 1. The van der Waals surface area contributed by atoms with Crippen molar-refractivity contribution in [1.82, 2.24) is 0 Å². The number of rotatable bonds is 4. The van der Waals surface area contributed by atoms with E-state index in [0.29, 0.717) is 17.0 Å². The Balaban J connectivity index is 1.30. The summed E-state index contributed by atoms with van der Waals surface area (Å²) in [6.07, 6.45) is 3.58. The zero-order valence-corrected chi connectivity index (χ0v) is 20.4. The van der Waals surface area contributed by atoms with Crippen molar-refractivity contribution in [3.05, 3.63) is 53.1 Å². The molecule has 1 saturated carbocycles. The highest BCUT2D eigenvalue weighted by Crippen LogP contribution is 2.41. The number of fused-ring (bicyclic) bond motifs is 1. The van der Waals surface area contributed by atoms with Gasteiger partial charge in [0.05, 0.1) is 23.4 Å². The van der Waals surface area contributed by atoms with Crippen LogP contribution < -0.4 is 14.5 Å². The number of nitrogens with zero attached hydrogens (tertiary/aromatic N) is 2. The summed E-state index contributed by atoms with van der Waals surface area (Å²) in [5.41, 5.74) is 4.07. The van der Waals surface area contributed by atoms with Crippen LogP contribution in [0.25, 0.3) is 0 Å². The number of hydrogen-bond acceptors (Lipinski definition) is 5. The second-order valence-electron chi connectivity index (χ2n) is 10.0. The van der Waals surface area contributed by atoms with Crippen LogP contribution in [0.4, 0.5) is 11.4 Å². The molecule has 5 rings (SSSR count). The van der Waals surface area contributed by atoms with Crippen LogP contribution in [0.15, 0.2) is 36.4 Å². The summed E-state index contributed by atoms with van der Waals surface area (Å²) in [5, 5.41) is 0. The predicted octanol–water partition coefficient (Wildman–Crippen LogP) is 4.25. The highest BCUT2D eigenvalue weighted by molar-refractivity contribution is 6.22. The predicted molar refractivity (Wildman–Crippen MR) is 131 cm³/mol. The van der Waals surface area contributed by atoms with Crippen molar-refractivity contribution in [2.75, 3.05) is 16.3 Å². The first-order chi connectivity index (χ1) is 16.8. The largest absolute Gasteiger partial charge is 0.426 e. The summed E-state index contributed by atoms with van der Waals surface area (Å²) in [5.74, 6) is -1.45. The molecule has 2 saturated heterocycles. The van der Waals surface area contributed by atoms with Gasteiger partial charge in [-0.05, 0) is 68.5 Å². The van der Waals surface area contributed by atoms with Crippen LogP contribution in [0.2, 0.25) is 0 Å². The van der Waals surface area contributed by atoms with Crippen LogP contribution in [-0.4, -0.2) is 30.2 Å². The van der Waals surface area contributed by atoms with Gasteiger partial charge in [-0.15, -0.1) is 0 Å². The van der Waals surface area contributed by atoms with E-state index in [0.717, 1.165) is 42.5 Å².